The number of amides is 1. The molecule has 0 unspecified atom stereocenters. The Morgan fingerprint density at radius 2 is 2.38 bits per heavy atom. The molecule has 13 heavy (non-hydrogen) atoms. The van der Waals surface area contributed by atoms with Gasteiger partial charge in [0.05, 0.1) is 6.04 Å². The van der Waals surface area contributed by atoms with Crippen LogP contribution in [0, 0.1) is 0 Å². The minimum absolute atomic E-state index is 0.00333. The van der Waals surface area contributed by atoms with Crippen molar-refractivity contribution in [2.45, 2.75) is 31.4 Å². The smallest absolute Gasteiger partial charge is 0.411 e. The molecule has 2 aliphatic rings. The first-order chi connectivity index (χ1) is 6.18. The van der Waals surface area contributed by atoms with Crippen LogP contribution in [0.4, 0.5) is 4.79 Å². The third-order valence-corrected chi connectivity index (χ3v) is 2.61. The maximum atomic E-state index is 11.2. The van der Waals surface area contributed by atoms with Crippen molar-refractivity contribution in [3.63, 3.8) is 0 Å². The first kappa shape index (κ1) is 8.34. The summed E-state index contributed by atoms with van der Waals surface area (Å²) in [7, 11) is 0. The normalized spacial score (nSPS) is 31.7. The molecule has 1 heterocycles. The molecule has 1 N–H and O–H groups in total. The topological polar surface area (TPSA) is 66.8 Å². The highest BCUT2D eigenvalue weighted by Crippen LogP contribution is 2.32. The van der Waals surface area contributed by atoms with Crippen LogP contribution < -0.4 is 0 Å². The number of aliphatic carboxylic acids is 1. The second-order valence-corrected chi connectivity index (χ2v) is 3.44. The summed E-state index contributed by atoms with van der Waals surface area (Å²) < 4.78 is 5.02. The fourth-order valence-electron chi connectivity index (χ4n) is 2.06. The lowest BCUT2D eigenvalue weighted by Crippen LogP contribution is -2.37. The van der Waals surface area contributed by atoms with E-state index in [0.717, 1.165) is 19.3 Å². The summed E-state index contributed by atoms with van der Waals surface area (Å²) in [6, 6.07) is 0.00333. The van der Waals surface area contributed by atoms with Crippen LogP contribution in [-0.4, -0.2) is 40.8 Å². The molecule has 72 valence electrons. The quantitative estimate of drug-likeness (QED) is 0.678. The van der Waals surface area contributed by atoms with Gasteiger partial charge >= 0.3 is 12.1 Å². The molecule has 2 fully saturated rings. The van der Waals surface area contributed by atoms with Crippen molar-refractivity contribution in [1.82, 2.24) is 4.90 Å². The van der Waals surface area contributed by atoms with Gasteiger partial charge in [0.15, 0.2) is 0 Å². The fraction of sp³-hybridized carbons (Fsp3) is 0.750. The molecule has 1 saturated heterocycles. The summed E-state index contributed by atoms with van der Waals surface area (Å²) in [5, 5.41) is 8.56. The van der Waals surface area contributed by atoms with E-state index in [2.05, 4.69) is 0 Å². The first-order valence-corrected chi connectivity index (χ1v) is 4.37. The molecule has 1 saturated carbocycles. The van der Waals surface area contributed by atoms with Crippen molar-refractivity contribution in [2.75, 3.05) is 6.54 Å². The van der Waals surface area contributed by atoms with E-state index in [1.807, 2.05) is 0 Å². The second-order valence-electron chi connectivity index (χ2n) is 3.44. The number of carboxylic acids is 1. The van der Waals surface area contributed by atoms with Gasteiger partial charge in [-0.1, -0.05) is 0 Å². The molecule has 0 radical (unpaired) electrons. The number of carbonyl (C=O) groups excluding carboxylic acids is 1. The van der Waals surface area contributed by atoms with E-state index in [1.54, 1.807) is 0 Å². The highest BCUT2D eigenvalue weighted by atomic mass is 16.6. The van der Waals surface area contributed by atoms with Gasteiger partial charge in [0.2, 0.25) is 0 Å². The van der Waals surface area contributed by atoms with Gasteiger partial charge in [-0.05, 0) is 19.3 Å². The van der Waals surface area contributed by atoms with E-state index in [1.165, 1.54) is 4.90 Å². The van der Waals surface area contributed by atoms with E-state index < -0.39 is 12.1 Å². The van der Waals surface area contributed by atoms with Crippen LogP contribution in [0.2, 0.25) is 0 Å². The lowest BCUT2D eigenvalue weighted by Gasteiger charge is -2.16. The van der Waals surface area contributed by atoms with E-state index in [-0.39, 0.29) is 18.7 Å². The van der Waals surface area contributed by atoms with Gasteiger partial charge in [0, 0.05) is 0 Å². The van der Waals surface area contributed by atoms with Crippen LogP contribution in [-0.2, 0) is 9.53 Å². The van der Waals surface area contributed by atoms with Crippen molar-refractivity contribution in [1.29, 1.82) is 0 Å². The number of carboxylic acid groups (broad SMARTS) is 1. The van der Waals surface area contributed by atoms with Crippen molar-refractivity contribution >= 4 is 12.1 Å². The lowest BCUT2D eigenvalue weighted by molar-refractivity contribution is -0.137. The maximum absolute atomic E-state index is 11.2. The molecule has 5 nitrogen and oxygen atoms in total. The van der Waals surface area contributed by atoms with Crippen molar-refractivity contribution in [3.05, 3.63) is 0 Å². The van der Waals surface area contributed by atoms with Gasteiger partial charge in [-0.2, -0.15) is 0 Å². The summed E-state index contributed by atoms with van der Waals surface area (Å²) >= 11 is 0. The molecule has 1 amide bonds. The Kier molecular flexibility index (Phi) is 1.86. The molecule has 2 rings (SSSR count). The van der Waals surface area contributed by atoms with Crippen molar-refractivity contribution in [2.24, 2.45) is 0 Å². The number of nitrogens with zero attached hydrogens (tertiary/aromatic N) is 1. The molecule has 0 spiro atoms. The average Bonchev–Trinajstić information content (AvgIpc) is 2.55. The Morgan fingerprint density at radius 3 is 3.08 bits per heavy atom. The Hall–Kier alpha value is -1.26. The third-order valence-electron chi connectivity index (χ3n) is 2.61. The SMILES string of the molecule is O=C(O)CN1C(=O)O[C@@H]2CCC[C@H]21. The van der Waals surface area contributed by atoms with E-state index in [9.17, 15) is 9.59 Å². The Labute approximate surface area is 75.3 Å². The molecule has 0 aromatic heterocycles. The Morgan fingerprint density at radius 1 is 1.62 bits per heavy atom. The van der Waals surface area contributed by atoms with Gasteiger partial charge < -0.3 is 9.84 Å². The summed E-state index contributed by atoms with van der Waals surface area (Å²) in [4.78, 5) is 22.9. The van der Waals surface area contributed by atoms with Gasteiger partial charge in [-0.25, -0.2) is 4.79 Å². The van der Waals surface area contributed by atoms with E-state index in [0.29, 0.717) is 0 Å². The molecule has 1 aliphatic heterocycles. The zero-order chi connectivity index (χ0) is 9.42. The molecule has 0 bridgehead atoms. The van der Waals surface area contributed by atoms with E-state index >= 15 is 0 Å². The number of ether oxygens (including phenoxy) is 1. The molecular formula is C8H11NO4. The predicted octanol–water partition coefficient (Wildman–Crippen LogP) is 0.444. The maximum Gasteiger partial charge on any atom is 0.411 e. The fourth-order valence-corrected chi connectivity index (χ4v) is 2.06. The third kappa shape index (κ3) is 1.34. The van der Waals surface area contributed by atoms with Gasteiger partial charge in [-0.15, -0.1) is 0 Å². The van der Waals surface area contributed by atoms with Crippen LogP contribution in [0.15, 0.2) is 0 Å². The molecular weight excluding hydrogens is 174 g/mol. The Balaban J connectivity index is 2.08. The highest BCUT2D eigenvalue weighted by Gasteiger charge is 2.44. The molecule has 5 heteroatoms. The van der Waals surface area contributed by atoms with Gasteiger partial charge in [0.1, 0.15) is 12.6 Å². The van der Waals surface area contributed by atoms with Gasteiger partial charge in [0.25, 0.3) is 0 Å². The number of carbonyl (C=O) groups is 2. The zero-order valence-electron chi connectivity index (χ0n) is 7.10. The monoisotopic (exact) mass is 185 g/mol. The molecule has 2 atom stereocenters. The summed E-state index contributed by atoms with van der Waals surface area (Å²) in [5.41, 5.74) is 0. The largest absolute Gasteiger partial charge is 0.480 e. The summed E-state index contributed by atoms with van der Waals surface area (Å²) in [6.45, 7) is -0.236. The number of rotatable bonds is 2. The molecule has 0 aromatic rings. The summed E-state index contributed by atoms with van der Waals surface area (Å²) in [5.74, 6) is -0.982. The molecule has 0 aromatic carbocycles. The van der Waals surface area contributed by atoms with Crippen LogP contribution >= 0.6 is 0 Å². The van der Waals surface area contributed by atoms with Crippen LogP contribution in [0.5, 0.6) is 0 Å². The van der Waals surface area contributed by atoms with Crippen molar-refractivity contribution < 1.29 is 19.4 Å². The minimum Gasteiger partial charge on any atom is -0.480 e. The van der Waals surface area contributed by atoms with Crippen LogP contribution in [0.1, 0.15) is 19.3 Å². The standard InChI is InChI=1S/C8H11NO4/c10-7(11)4-9-5-2-1-3-6(5)13-8(9)12/h5-6H,1-4H2,(H,10,11)/t5-,6-/m1/s1. The lowest BCUT2D eigenvalue weighted by atomic mass is 10.2. The zero-order valence-corrected chi connectivity index (χ0v) is 7.10. The second kappa shape index (κ2) is 2.90. The molecule has 1 aliphatic carbocycles. The number of hydrogen-bond donors (Lipinski definition) is 1. The first-order valence-electron chi connectivity index (χ1n) is 4.37. The number of hydrogen-bond acceptors (Lipinski definition) is 3. The average molecular weight is 185 g/mol. The predicted molar refractivity (Wildman–Crippen MR) is 42.2 cm³/mol. The van der Waals surface area contributed by atoms with Crippen LogP contribution in [0.3, 0.4) is 0 Å². The van der Waals surface area contributed by atoms with Crippen LogP contribution in [0.25, 0.3) is 0 Å². The highest BCUT2D eigenvalue weighted by molar-refractivity contribution is 5.78. The van der Waals surface area contributed by atoms with Crippen molar-refractivity contribution in [3.8, 4) is 0 Å². The Bertz CT molecular complexity index is 253. The minimum atomic E-state index is -0.982. The summed E-state index contributed by atoms with van der Waals surface area (Å²) in [6.07, 6.45) is 2.21. The van der Waals surface area contributed by atoms with E-state index in [4.69, 9.17) is 9.84 Å². The number of fused-ring (bicyclic) bond motifs is 1. The van der Waals surface area contributed by atoms with Gasteiger partial charge in [-0.3, -0.25) is 9.69 Å².